The van der Waals surface area contributed by atoms with E-state index in [0.717, 1.165) is 44.6 Å². The zero-order chi connectivity index (χ0) is 17.3. The fraction of sp³-hybridized carbons (Fsp3) is 0.579. The minimum absolute atomic E-state index is 0. The Morgan fingerprint density at radius 3 is 2.48 bits per heavy atom. The third kappa shape index (κ3) is 4.23. The Bertz CT molecular complexity index is 688. The second-order valence-electron chi connectivity index (χ2n) is 7.30. The number of carbonyl (C=O) groups excluding carboxylic acids is 1. The van der Waals surface area contributed by atoms with Crippen LogP contribution in [0.4, 0.5) is 14.9 Å². The molecule has 2 amide bonds. The molecular weight excluding hydrogens is 390 g/mol. The van der Waals surface area contributed by atoms with Gasteiger partial charge in [0.15, 0.2) is 0 Å². The van der Waals surface area contributed by atoms with Crippen molar-refractivity contribution in [1.29, 1.82) is 0 Å². The number of halogens is 3. The number of benzene rings is 1. The van der Waals surface area contributed by atoms with Gasteiger partial charge in [-0.3, -0.25) is 15.2 Å². The van der Waals surface area contributed by atoms with E-state index in [9.17, 15) is 9.18 Å². The quantitative estimate of drug-likeness (QED) is 0.763. The molecule has 0 bridgehead atoms. The number of hydrogen-bond acceptors (Lipinski definition) is 3. The molecule has 1 aliphatic carbocycles. The Labute approximate surface area is 172 Å². The maximum Gasteiger partial charge on any atom is 0.328 e. The van der Waals surface area contributed by atoms with Gasteiger partial charge in [0.1, 0.15) is 17.2 Å². The van der Waals surface area contributed by atoms with Crippen LogP contribution in [0.5, 0.6) is 0 Å². The summed E-state index contributed by atoms with van der Waals surface area (Å²) < 4.78 is 13.8. The monoisotopic (exact) mass is 416 g/mol. The lowest BCUT2D eigenvalue weighted by Crippen LogP contribution is -2.56. The van der Waals surface area contributed by atoms with Crippen molar-refractivity contribution in [2.24, 2.45) is 4.99 Å². The van der Waals surface area contributed by atoms with E-state index in [0.29, 0.717) is 11.7 Å². The Morgan fingerprint density at radius 1 is 1.11 bits per heavy atom. The fourth-order valence-electron chi connectivity index (χ4n) is 4.40. The van der Waals surface area contributed by atoms with Crippen LogP contribution >= 0.6 is 24.8 Å². The molecule has 4 rings (SSSR count). The van der Waals surface area contributed by atoms with E-state index in [-0.39, 0.29) is 36.7 Å². The van der Waals surface area contributed by atoms with Crippen LogP contribution in [0.1, 0.15) is 44.9 Å². The van der Waals surface area contributed by atoms with Crippen LogP contribution in [-0.4, -0.2) is 36.5 Å². The van der Waals surface area contributed by atoms with Crippen molar-refractivity contribution in [3.63, 3.8) is 0 Å². The van der Waals surface area contributed by atoms with Gasteiger partial charge < -0.3 is 5.32 Å². The Hall–Kier alpha value is -1.37. The number of amides is 2. The maximum atomic E-state index is 13.8. The van der Waals surface area contributed by atoms with Gasteiger partial charge >= 0.3 is 6.03 Å². The van der Waals surface area contributed by atoms with Gasteiger partial charge in [0.05, 0.1) is 6.04 Å². The summed E-state index contributed by atoms with van der Waals surface area (Å²) >= 11 is 0. The number of aliphatic imine (C=N–C) groups is 1. The molecule has 0 radical (unpaired) electrons. The van der Waals surface area contributed by atoms with Gasteiger partial charge in [-0.15, -0.1) is 24.8 Å². The minimum Gasteiger partial charge on any atom is -0.317 e. The summed E-state index contributed by atoms with van der Waals surface area (Å²) in [7, 11) is 0. The molecule has 2 saturated heterocycles. The molecule has 5 nitrogen and oxygen atoms in total. The number of carbonyl (C=O) groups is 1. The minimum atomic E-state index is -0.479. The van der Waals surface area contributed by atoms with Crippen molar-refractivity contribution in [2.45, 2.75) is 56.5 Å². The second-order valence-corrected chi connectivity index (χ2v) is 7.30. The molecule has 1 saturated carbocycles. The summed E-state index contributed by atoms with van der Waals surface area (Å²) in [6.45, 7) is 1.65. The van der Waals surface area contributed by atoms with Gasteiger partial charge in [0.2, 0.25) is 0 Å². The van der Waals surface area contributed by atoms with Crippen molar-refractivity contribution >= 4 is 42.4 Å². The molecule has 0 atom stereocenters. The molecule has 1 spiro atoms. The summed E-state index contributed by atoms with van der Waals surface area (Å²) in [5.74, 6) is 0.460. The topological polar surface area (TPSA) is 56.7 Å². The number of piperidine rings is 1. The fourth-order valence-corrected chi connectivity index (χ4v) is 4.40. The lowest BCUT2D eigenvalue weighted by Gasteiger charge is -2.40. The smallest absolute Gasteiger partial charge is 0.317 e. The van der Waals surface area contributed by atoms with Crippen molar-refractivity contribution in [1.82, 2.24) is 10.6 Å². The molecule has 0 aromatic heterocycles. The highest BCUT2D eigenvalue weighted by atomic mass is 35.5. The lowest BCUT2D eigenvalue weighted by atomic mass is 9.85. The molecule has 2 heterocycles. The molecule has 1 aromatic carbocycles. The zero-order valence-corrected chi connectivity index (χ0v) is 16.9. The Morgan fingerprint density at radius 2 is 1.81 bits per heavy atom. The van der Waals surface area contributed by atoms with E-state index in [4.69, 9.17) is 4.99 Å². The van der Waals surface area contributed by atoms with Gasteiger partial charge in [0, 0.05) is 5.69 Å². The molecule has 27 heavy (non-hydrogen) atoms. The van der Waals surface area contributed by atoms with E-state index in [1.165, 1.54) is 31.4 Å². The van der Waals surface area contributed by atoms with Gasteiger partial charge in [-0.05, 0) is 57.0 Å². The van der Waals surface area contributed by atoms with Crippen molar-refractivity contribution in [3.05, 3.63) is 30.1 Å². The Balaban J connectivity index is 0.00000131. The van der Waals surface area contributed by atoms with E-state index >= 15 is 0 Å². The summed E-state index contributed by atoms with van der Waals surface area (Å²) in [6.07, 6.45) is 7.44. The van der Waals surface area contributed by atoms with Crippen LogP contribution in [-0.2, 0) is 0 Å². The normalized spacial score (nSPS) is 23.7. The Kier molecular flexibility index (Phi) is 7.48. The largest absolute Gasteiger partial charge is 0.328 e. The summed E-state index contributed by atoms with van der Waals surface area (Å²) in [5, 5.41) is 6.38. The molecule has 8 heteroatoms. The summed E-state index contributed by atoms with van der Waals surface area (Å²) in [4.78, 5) is 19.5. The average molecular weight is 417 g/mol. The molecular formula is C19H27Cl2FN4O. The second kappa shape index (κ2) is 9.22. The summed E-state index contributed by atoms with van der Waals surface area (Å²) in [6, 6.07) is 6.40. The highest BCUT2D eigenvalue weighted by molar-refractivity contribution is 6.19. The molecule has 150 valence electrons. The first kappa shape index (κ1) is 21.9. The van der Waals surface area contributed by atoms with Crippen LogP contribution in [0.25, 0.3) is 0 Å². The van der Waals surface area contributed by atoms with Crippen LogP contribution in [0.2, 0.25) is 0 Å². The van der Waals surface area contributed by atoms with Crippen molar-refractivity contribution in [2.75, 3.05) is 18.0 Å². The van der Waals surface area contributed by atoms with Gasteiger partial charge in [0.25, 0.3) is 0 Å². The third-order valence-corrected chi connectivity index (χ3v) is 5.68. The predicted molar refractivity (Wildman–Crippen MR) is 111 cm³/mol. The first-order chi connectivity index (χ1) is 12.2. The SMILES string of the molecule is Cl.Cl.O=C1NC(=NC2CCCCC2)C2(CCNCC2)N1c1cccc(F)c1. The number of nitrogens with one attached hydrogen (secondary N) is 2. The number of urea groups is 1. The number of amidine groups is 1. The van der Waals surface area contributed by atoms with Crippen molar-refractivity contribution < 1.29 is 9.18 Å². The number of rotatable bonds is 2. The predicted octanol–water partition coefficient (Wildman–Crippen LogP) is 4.05. The van der Waals surface area contributed by atoms with E-state index in [1.807, 2.05) is 0 Å². The molecule has 0 unspecified atom stereocenters. The molecule has 2 N–H and O–H groups in total. The van der Waals surface area contributed by atoms with E-state index in [1.54, 1.807) is 17.0 Å². The van der Waals surface area contributed by atoms with Crippen LogP contribution in [0.15, 0.2) is 29.3 Å². The standard InChI is InChI=1S/C19H25FN4O.2ClH/c20-14-5-4-8-16(13-14)24-18(25)23-17(19(24)9-11-21-12-10-19)22-15-6-2-1-3-7-15;;/h4-5,8,13,15,21H,1-3,6-7,9-12H2,(H,22,23,25);2*1H. The first-order valence-electron chi connectivity index (χ1n) is 9.35. The maximum absolute atomic E-state index is 13.8. The zero-order valence-electron chi connectivity index (χ0n) is 15.2. The molecule has 1 aromatic rings. The van der Waals surface area contributed by atoms with E-state index < -0.39 is 5.54 Å². The first-order valence-corrected chi connectivity index (χ1v) is 9.35. The number of anilines is 1. The molecule has 3 fully saturated rings. The molecule has 3 aliphatic rings. The number of nitrogens with zero attached hydrogens (tertiary/aromatic N) is 2. The van der Waals surface area contributed by atoms with E-state index in [2.05, 4.69) is 10.6 Å². The average Bonchev–Trinajstić information content (AvgIpc) is 2.87. The van der Waals surface area contributed by atoms with Gasteiger partial charge in [-0.1, -0.05) is 25.3 Å². The van der Waals surface area contributed by atoms with Gasteiger partial charge in [-0.2, -0.15) is 0 Å². The third-order valence-electron chi connectivity index (χ3n) is 5.68. The number of hydrogen-bond donors (Lipinski definition) is 2. The van der Waals surface area contributed by atoms with Crippen LogP contribution < -0.4 is 15.5 Å². The highest BCUT2D eigenvalue weighted by Crippen LogP contribution is 2.37. The van der Waals surface area contributed by atoms with Gasteiger partial charge in [-0.25, -0.2) is 9.18 Å². The highest BCUT2D eigenvalue weighted by Gasteiger charge is 2.52. The van der Waals surface area contributed by atoms with Crippen molar-refractivity contribution in [3.8, 4) is 0 Å². The summed E-state index contributed by atoms with van der Waals surface area (Å²) in [5.41, 5.74) is 0.126. The van der Waals surface area contributed by atoms with Crippen LogP contribution in [0, 0.1) is 5.82 Å². The van der Waals surface area contributed by atoms with Crippen LogP contribution in [0.3, 0.4) is 0 Å². The molecule has 2 aliphatic heterocycles. The lowest BCUT2D eigenvalue weighted by molar-refractivity contribution is 0.248.